The van der Waals surface area contributed by atoms with Crippen LogP contribution in [-0.4, -0.2) is 23.2 Å². The Morgan fingerprint density at radius 3 is 2.24 bits per heavy atom. The van der Waals surface area contributed by atoms with Crippen LogP contribution in [-0.2, 0) is 6.42 Å². The molecule has 0 fully saturated rings. The van der Waals surface area contributed by atoms with E-state index in [2.05, 4.69) is 10.3 Å². The zero-order valence-electron chi connectivity index (χ0n) is 13.9. The standard InChI is InChI=1S/C20H18N2O2S/c1-14-13-25-18(22-14)11-12-21-20(24)17-9-7-16(8-10-17)19(23)15-5-3-2-4-6-15/h2-10,13H,11-12H2,1H3,(H,21,24). The minimum atomic E-state index is -0.146. The van der Waals surface area contributed by atoms with Gasteiger partial charge in [-0.1, -0.05) is 42.5 Å². The highest BCUT2D eigenvalue weighted by Gasteiger charge is 2.10. The van der Waals surface area contributed by atoms with Crippen LogP contribution in [0.4, 0.5) is 0 Å². The molecule has 0 aliphatic rings. The molecule has 126 valence electrons. The molecule has 1 amide bonds. The third kappa shape index (κ3) is 4.39. The lowest BCUT2D eigenvalue weighted by atomic mass is 10.0. The number of rotatable bonds is 6. The largest absolute Gasteiger partial charge is 0.352 e. The number of hydrogen-bond donors (Lipinski definition) is 1. The molecule has 0 unspecified atom stereocenters. The first-order valence-corrected chi connectivity index (χ1v) is 8.90. The number of aromatic nitrogens is 1. The smallest absolute Gasteiger partial charge is 0.251 e. The summed E-state index contributed by atoms with van der Waals surface area (Å²) in [5.74, 6) is -0.196. The van der Waals surface area contributed by atoms with Crippen molar-refractivity contribution < 1.29 is 9.59 Å². The van der Waals surface area contributed by atoms with Crippen LogP contribution in [0, 0.1) is 6.92 Å². The van der Waals surface area contributed by atoms with E-state index in [4.69, 9.17) is 0 Å². The first-order chi connectivity index (χ1) is 12.1. The van der Waals surface area contributed by atoms with Gasteiger partial charge < -0.3 is 5.32 Å². The fourth-order valence-electron chi connectivity index (χ4n) is 2.43. The summed E-state index contributed by atoms with van der Waals surface area (Å²) in [5, 5.41) is 5.89. The van der Waals surface area contributed by atoms with Crippen molar-refractivity contribution in [2.75, 3.05) is 6.54 Å². The van der Waals surface area contributed by atoms with Crippen molar-refractivity contribution in [1.29, 1.82) is 0 Å². The summed E-state index contributed by atoms with van der Waals surface area (Å²) >= 11 is 1.60. The maximum atomic E-state index is 12.4. The number of carbonyl (C=O) groups is 2. The van der Waals surface area contributed by atoms with E-state index in [1.807, 2.05) is 30.5 Å². The van der Waals surface area contributed by atoms with Gasteiger partial charge in [-0.05, 0) is 19.1 Å². The monoisotopic (exact) mass is 350 g/mol. The lowest BCUT2D eigenvalue weighted by molar-refractivity contribution is 0.0952. The molecule has 0 spiro atoms. The average Bonchev–Trinajstić information content (AvgIpc) is 3.07. The second kappa shape index (κ2) is 7.85. The first kappa shape index (κ1) is 17.0. The summed E-state index contributed by atoms with van der Waals surface area (Å²) < 4.78 is 0. The molecule has 3 rings (SSSR count). The lowest BCUT2D eigenvalue weighted by Gasteiger charge is -2.05. The van der Waals surface area contributed by atoms with Crippen LogP contribution in [0.25, 0.3) is 0 Å². The molecule has 1 heterocycles. The maximum absolute atomic E-state index is 12.4. The molecule has 5 heteroatoms. The highest BCUT2D eigenvalue weighted by molar-refractivity contribution is 7.09. The van der Waals surface area contributed by atoms with Crippen LogP contribution in [0.15, 0.2) is 60.0 Å². The van der Waals surface area contributed by atoms with E-state index >= 15 is 0 Å². The number of benzene rings is 2. The van der Waals surface area contributed by atoms with Gasteiger partial charge in [0.2, 0.25) is 0 Å². The number of thiazole rings is 1. The van der Waals surface area contributed by atoms with E-state index in [1.165, 1.54) is 0 Å². The summed E-state index contributed by atoms with van der Waals surface area (Å²) in [6, 6.07) is 15.8. The number of hydrogen-bond acceptors (Lipinski definition) is 4. The van der Waals surface area contributed by atoms with Gasteiger partial charge in [0.05, 0.1) is 5.01 Å². The van der Waals surface area contributed by atoms with Gasteiger partial charge >= 0.3 is 0 Å². The predicted octanol–water partition coefficient (Wildman–Crippen LogP) is 3.66. The first-order valence-electron chi connectivity index (χ1n) is 8.02. The van der Waals surface area contributed by atoms with E-state index in [-0.39, 0.29) is 11.7 Å². The normalized spacial score (nSPS) is 10.4. The molecule has 0 radical (unpaired) electrons. The summed E-state index contributed by atoms with van der Waals surface area (Å²) in [7, 11) is 0. The van der Waals surface area contributed by atoms with Crippen molar-refractivity contribution in [3.8, 4) is 0 Å². The number of aryl methyl sites for hydroxylation is 1. The molecule has 0 aliphatic carbocycles. The van der Waals surface area contributed by atoms with E-state index in [0.29, 0.717) is 23.2 Å². The van der Waals surface area contributed by atoms with Crippen molar-refractivity contribution >= 4 is 23.0 Å². The van der Waals surface area contributed by atoms with E-state index in [9.17, 15) is 9.59 Å². The SMILES string of the molecule is Cc1csc(CCNC(=O)c2ccc(C(=O)c3ccccc3)cc2)n1. The van der Waals surface area contributed by atoms with E-state index in [1.54, 1.807) is 47.7 Å². The molecule has 0 aliphatic heterocycles. The zero-order chi connectivity index (χ0) is 17.6. The molecule has 0 saturated carbocycles. The molecule has 1 N–H and O–H groups in total. The fourth-order valence-corrected chi connectivity index (χ4v) is 3.21. The van der Waals surface area contributed by atoms with Crippen molar-refractivity contribution in [2.24, 2.45) is 0 Å². The molecular weight excluding hydrogens is 332 g/mol. The lowest BCUT2D eigenvalue weighted by Crippen LogP contribution is -2.25. The Labute approximate surface area is 150 Å². The molecule has 0 saturated heterocycles. The Morgan fingerprint density at radius 2 is 1.60 bits per heavy atom. The van der Waals surface area contributed by atoms with Gasteiger partial charge in [0.15, 0.2) is 5.78 Å². The molecule has 0 atom stereocenters. The third-order valence-electron chi connectivity index (χ3n) is 3.74. The minimum Gasteiger partial charge on any atom is -0.352 e. The molecule has 4 nitrogen and oxygen atoms in total. The number of carbonyl (C=O) groups excluding carboxylic acids is 2. The van der Waals surface area contributed by atoms with E-state index in [0.717, 1.165) is 17.1 Å². The molecule has 0 bridgehead atoms. The molecule has 3 aromatic rings. The van der Waals surface area contributed by atoms with Gasteiger partial charge in [0.1, 0.15) is 0 Å². The molecule has 25 heavy (non-hydrogen) atoms. The van der Waals surface area contributed by atoms with Crippen molar-refractivity contribution in [3.63, 3.8) is 0 Å². The second-order valence-electron chi connectivity index (χ2n) is 5.66. The summed E-state index contributed by atoms with van der Waals surface area (Å²) in [6.45, 7) is 2.49. The summed E-state index contributed by atoms with van der Waals surface area (Å²) in [4.78, 5) is 28.9. The number of amides is 1. The van der Waals surface area contributed by atoms with Gasteiger partial charge in [-0.3, -0.25) is 9.59 Å². The molecule has 2 aromatic carbocycles. The number of ketones is 1. The second-order valence-corrected chi connectivity index (χ2v) is 6.60. The van der Waals surface area contributed by atoms with E-state index < -0.39 is 0 Å². The Kier molecular flexibility index (Phi) is 5.36. The van der Waals surface area contributed by atoms with Gasteiger partial charge in [0.25, 0.3) is 5.91 Å². The van der Waals surface area contributed by atoms with Gasteiger partial charge in [-0.15, -0.1) is 11.3 Å². The van der Waals surface area contributed by atoms with Crippen LogP contribution < -0.4 is 5.32 Å². The van der Waals surface area contributed by atoms with Crippen LogP contribution in [0.3, 0.4) is 0 Å². The molecular formula is C20H18N2O2S. The van der Waals surface area contributed by atoms with Crippen LogP contribution in [0.1, 0.15) is 37.0 Å². The predicted molar refractivity (Wildman–Crippen MR) is 99.2 cm³/mol. The highest BCUT2D eigenvalue weighted by Crippen LogP contribution is 2.12. The Bertz CT molecular complexity index is 870. The van der Waals surface area contributed by atoms with Gasteiger partial charge in [-0.25, -0.2) is 4.98 Å². The number of nitrogens with one attached hydrogen (secondary N) is 1. The zero-order valence-corrected chi connectivity index (χ0v) is 14.7. The number of nitrogens with zero attached hydrogens (tertiary/aromatic N) is 1. The van der Waals surface area contributed by atoms with Crippen LogP contribution in [0.5, 0.6) is 0 Å². The third-order valence-corrected chi connectivity index (χ3v) is 4.76. The topological polar surface area (TPSA) is 59.1 Å². The van der Waals surface area contributed by atoms with Crippen LogP contribution >= 0.6 is 11.3 Å². The Morgan fingerprint density at radius 1 is 0.960 bits per heavy atom. The quantitative estimate of drug-likeness (QED) is 0.690. The fraction of sp³-hybridized carbons (Fsp3) is 0.150. The van der Waals surface area contributed by atoms with Crippen LogP contribution in [0.2, 0.25) is 0 Å². The molecule has 1 aromatic heterocycles. The highest BCUT2D eigenvalue weighted by atomic mass is 32.1. The van der Waals surface area contributed by atoms with Crippen molar-refractivity contribution in [2.45, 2.75) is 13.3 Å². The maximum Gasteiger partial charge on any atom is 0.251 e. The summed E-state index contributed by atoms with van der Waals surface area (Å²) in [6.07, 6.45) is 0.717. The average molecular weight is 350 g/mol. The minimum absolute atomic E-state index is 0.0494. The van der Waals surface area contributed by atoms with Crippen molar-refractivity contribution in [1.82, 2.24) is 10.3 Å². The van der Waals surface area contributed by atoms with Gasteiger partial charge in [-0.2, -0.15) is 0 Å². The van der Waals surface area contributed by atoms with Gasteiger partial charge in [0, 0.05) is 40.7 Å². The summed E-state index contributed by atoms with van der Waals surface area (Å²) in [5.41, 5.74) is 2.75. The Hall–Kier alpha value is -2.79. The van der Waals surface area contributed by atoms with Crippen molar-refractivity contribution in [3.05, 3.63) is 87.4 Å². The Balaban J connectivity index is 1.58.